The summed E-state index contributed by atoms with van der Waals surface area (Å²) in [6.45, 7) is 8.65. The van der Waals surface area contributed by atoms with E-state index in [2.05, 4.69) is 26.1 Å². The van der Waals surface area contributed by atoms with Crippen molar-refractivity contribution in [3.8, 4) is 0 Å². The van der Waals surface area contributed by atoms with E-state index in [1.54, 1.807) is 18.0 Å². The predicted molar refractivity (Wildman–Crippen MR) is 123 cm³/mol. The van der Waals surface area contributed by atoms with Gasteiger partial charge in [0.05, 0.1) is 5.41 Å². The smallest absolute Gasteiger partial charge is 0.251 e. The van der Waals surface area contributed by atoms with Crippen molar-refractivity contribution in [1.82, 2.24) is 10.2 Å². The molecule has 0 atom stereocenters. The van der Waals surface area contributed by atoms with Gasteiger partial charge in [-0.2, -0.15) is 0 Å². The largest absolute Gasteiger partial charge is 0.381 e. The first-order valence-corrected chi connectivity index (χ1v) is 11.7. The predicted octanol–water partition coefficient (Wildman–Crippen LogP) is 2.87. The lowest BCUT2D eigenvalue weighted by atomic mass is 9.73. The van der Waals surface area contributed by atoms with Gasteiger partial charge in [-0.3, -0.25) is 14.4 Å². The third-order valence-corrected chi connectivity index (χ3v) is 7.06. The van der Waals surface area contributed by atoms with Gasteiger partial charge in [0.1, 0.15) is 0 Å². The van der Waals surface area contributed by atoms with Crippen LogP contribution in [0.5, 0.6) is 0 Å². The molecule has 3 heterocycles. The van der Waals surface area contributed by atoms with Crippen molar-refractivity contribution in [2.24, 2.45) is 5.41 Å². The molecule has 3 aliphatic rings. The quantitative estimate of drug-likeness (QED) is 0.782. The molecule has 174 valence electrons. The van der Waals surface area contributed by atoms with Crippen LogP contribution in [0.15, 0.2) is 18.2 Å². The van der Waals surface area contributed by atoms with Crippen LogP contribution in [0.4, 0.5) is 5.69 Å². The van der Waals surface area contributed by atoms with Gasteiger partial charge in [-0.25, -0.2) is 0 Å². The Labute approximate surface area is 190 Å². The lowest BCUT2D eigenvalue weighted by Gasteiger charge is -2.39. The van der Waals surface area contributed by atoms with Crippen molar-refractivity contribution >= 4 is 23.4 Å². The molecule has 0 bridgehead atoms. The van der Waals surface area contributed by atoms with Gasteiger partial charge in [0.2, 0.25) is 11.8 Å². The van der Waals surface area contributed by atoms with Gasteiger partial charge in [-0.1, -0.05) is 20.8 Å². The Morgan fingerprint density at radius 2 is 1.81 bits per heavy atom. The minimum absolute atomic E-state index is 0.0606. The van der Waals surface area contributed by atoms with Gasteiger partial charge in [-0.15, -0.1) is 0 Å². The van der Waals surface area contributed by atoms with E-state index in [0.717, 1.165) is 24.1 Å². The second-order valence-corrected chi connectivity index (χ2v) is 10.7. The minimum atomic E-state index is -0.655. The number of carbonyl (C=O) groups excluding carboxylic acids is 3. The molecule has 1 aromatic rings. The molecule has 3 amide bonds. The molecule has 0 unspecified atom stereocenters. The van der Waals surface area contributed by atoms with Gasteiger partial charge in [0, 0.05) is 57.1 Å². The summed E-state index contributed by atoms with van der Waals surface area (Å²) in [5, 5.41) is 3.11. The molecule has 0 aliphatic carbocycles. The summed E-state index contributed by atoms with van der Waals surface area (Å²) in [5.41, 5.74) is 1.66. The van der Waals surface area contributed by atoms with Crippen LogP contribution < -0.4 is 10.2 Å². The number of hydrogen-bond acceptors (Lipinski definition) is 4. The molecular formula is C25H35N3O4. The molecule has 2 fully saturated rings. The topological polar surface area (TPSA) is 79.0 Å². The summed E-state index contributed by atoms with van der Waals surface area (Å²) < 4.78 is 5.38. The summed E-state index contributed by atoms with van der Waals surface area (Å²) >= 11 is 0. The number of carbonyl (C=O) groups is 3. The zero-order chi connectivity index (χ0) is 23.1. The molecule has 4 rings (SSSR count). The number of likely N-dealkylation sites (tertiary alicyclic amines) is 1. The molecule has 1 spiro atoms. The first-order chi connectivity index (χ1) is 15.1. The van der Waals surface area contributed by atoms with Crippen LogP contribution in [0.2, 0.25) is 0 Å². The van der Waals surface area contributed by atoms with Crippen molar-refractivity contribution in [2.75, 3.05) is 38.3 Å². The van der Waals surface area contributed by atoms with E-state index < -0.39 is 5.41 Å². The highest BCUT2D eigenvalue weighted by Crippen LogP contribution is 2.48. The van der Waals surface area contributed by atoms with Crippen molar-refractivity contribution < 1.29 is 19.1 Å². The fourth-order valence-corrected chi connectivity index (χ4v) is 5.20. The molecular weight excluding hydrogens is 406 g/mol. The highest BCUT2D eigenvalue weighted by molar-refractivity contribution is 6.09. The normalized spacial score (nSPS) is 21.1. The number of hydrogen-bond donors (Lipinski definition) is 1. The van der Waals surface area contributed by atoms with Gasteiger partial charge in [0.25, 0.3) is 5.91 Å². The average molecular weight is 442 g/mol. The monoisotopic (exact) mass is 441 g/mol. The molecule has 7 nitrogen and oxygen atoms in total. The number of anilines is 1. The SMILES string of the molecule is CN1C(=O)C2(CCN(C(=O)CC(C)(C)C)CC2)c2cc(C(=O)NC3CCOCC3)ccc21. The molecule has 3 aliphatic heterocycles. The summed E-state index contributed by atoms with van der Waals surface area (Å²) in [6.07, 6.45) is 3.32. The molecule has 0 aromatic heterocycles. The average Bonchev–Trinajstić information content (AvgIpc) is 2.95. The van der Waals surface area contributed by atoms with Crippen LogP contribution in [-0.2, 0) is 19.7 Å². The van der Waals surface area contributed by atoms with Crippen molar-refractivity contribution in [2.45, 2.75) is 64.3 Å². The summed E-state index contributed by atoms with van der Waals surface area (Å²) in [4.78, 5) is 42.6. The number of benzene rings is 1. The van der Waals surface area contributed by atoms with Gasteiger partial charge in [0.15, 0.2) is 0 Å². The fourth-order valence-electron chi connectivity index (χ4n) is 5.20. The van der Waals surface area contributed by atoms with E-state index in [9.17, 15) is 14.4 Å². The maximum absolute atomic E-state index is 13.4. The number of nitrogens with one attached hydrogen (secondary N) is 1. The van der Waals surface area contributed by atoms with Crippen LogP contribution in [0.3, 0.4) is 0 Å². The second-order valence-electron chi connectivity index (χ2n) is 10.7. The highest BCUT2D eigenvalue weighted by atomic mass is 16.5. The lowest BCUT2D eigenvalue weighted by Crippen LogP contribution is -2.50. The number of ether oxygens (including phenoxy) is 1. The lowest BCUT2D eigenvalue weighted by molar-refractivity contribution is -0.137. The molecule has 1 aromatic carbocycles. The van der Waals surface area contributed by atoms with Crippen LogP contribution in [0.1, 0.15) is 68.8 Å². The number of fused-ring (bicyclic) bond motifs is 2. The molecule has 1 N–H and O–H groups in total. The van der Waals surface area contributed by atoms with E-state index in [-0.39, 0.29) is 29.2 Å². The van der Waals surface area contributed by atoms with Crippen LogP contribution in [-0.4, -0.2) is 62.0 Å². The first-order valence-electron chi connectivity index (χ1n) is 11.7. The Bertz CT molecular complexity index is 906. The van der Waals surface area contributed by atoms with E-state index >= 15 is 0 Å². The Morgan fingerprint density at radius 1 is 1.16 bits per heavy atom. The molecule has 7 heteroatoms. The fraction of sp³-hybridized carbons (Fsp3) is 0.640. The van der Waals surface area contributed by atoms with Crippen molar-refractivity contribution in [1.29, 1.82) is 0 Å². The maximum atomic E-state index is 13.4. The summed E-state index contributed by atoms with van der Waals surface area (Å²) in [5.74, 6) is 0.114. The third kappa shape index (κ3) is 4.27. The highest BCUT2D eigenvalue weighted by Gasteiger charge is 2.51. The van der Waals surface area contributed by atoms with Crippen LogP contribution in [0, 0.1) is 5.41 Å². The molecule has 0 radical (unpaired) electrons. The van der Waals surface area contributed by atoms with Crippen LogP contribution >= 0.6 is 0 Å². The molecule has 32 heavy (non-hydrogen) atoms. The maximum Gasteiger partial charge on any atom is 0.251 e. The zero-order valence-corrected chi connectivity index (χ0v) is 19.7. The number of amides is 3. The Morgan fingerprint density at radius 3 is 2.44 bits per heavy atom. The standard InChI is InChI=1S/C25H35N3O4/c1-24(2,3)16-21(29)28-11-9-25(10-12-28)19-15-17(5-6-20(19)27(4)23(25)31)22(30)26-18-7-13-32-14-8-18/h5-6,15,18H,7-14,16H2,1-4H3,(H,26,30). The Hall–Kier alpha value is -2.41. The summed E-state index contributed by atoms with van der Waals surface area (Å²) in [6, 6.07) is 5.72. The van der Waals surface area contributed by atoms with E-state index in [0.29, 0.717) is 51.1 Å². The third-order valence-electron chi connectivity index (χ3n) is 7.06. The first kappa shape index (κ1) is 22.8. The van der Waals surface area contributed by atoms with E-state index in [4.69, 9.17) is 4.74 Å². The van der Waals surface area contributed by atoms with E-state index in [1.807, 2.05) is 17.0 Å². The zero-order valence-electron chi connectivity index (χ0n) is 19.7. The number of likely N-dealkylation sites (N-methyl/N-ethyl adjacent to an activating group) is 1. The Kier molecular flexibility index (Phi) is 6.05. The molecule has 2 saturated heterocycles. The van der Waals surface area contributed by atoms with Gasteiger partial charge < -0.3 is 19.9 Å². The van der Waals surface area contributed by atoms with E-state index in [1.165, 1.54) is 0 Å². The molecule has 0 saturated carbocycles. The van der Waals surface area contributed by atoms with Crippen molar-refractivity contribution in [3.05, 3.63) is 29.3 Å². The second kappa shape index (κ2) is 8.50. The minimum Gasteiger partial charge on any atom is -0.381 e. The number of rotatable bonds is 3. The van der Waals surface area contributed by atoms with Gasteiger partial charge in [-0.05, 0) is 54.9 Å². The number of nitrogens with zero attached hydrogens (tertiary/aromatic N) is 2. The van der Waals surface area contributed by atoms with Crippen molar-refractivity contribution in [3.63, 3.8) is 0 Å². The summed E-state index contributed by atoms with van der Waals surface area (Å²) in [7, 11) is 1.80. The van der Waals surface area contributed by atoms with Crippen LogP contribution in [0.25, 0.3) is 0 Å². The van der Waals surface area contributed by atoms with Gasteiger partial charge >= 0.3 is 0 Å². The Balaban J connectivity index is 1.53. The number of piperidine rings is 1.